The molecule has 0 aromatic carbocycles. The van der Waals surface area contributed by atoms with E-state index < -0.39 is 0 Å². The number of rotatable bonds is 4. The summed E-state index contributed by atoms with van der Waals surface area (Å²) >= 11 is 0. The first-order valence-corrected chi connectivity index (χ1v) is 7.90. The molecule has 0 atom stereocenters. The second-order valence-electron chi connectivity index (χ2n) is 6.02. The third-order valence-electron chi connectivity index (χ3n) is 4.30. The maximum Gasteiger partial charge on any atom is 0.347 e. The van der Waals surface area contributed by atoms with E-state index in [2.05, 4.69) is 25.2 Å². The van der Waals surface area contributed by atoms with Crippen molar-refractivity contribution >= 4 is 5.82 Å². The van der Waals surface area contributed by atoms with Crippen LogP contribution in [-0.2, 0) is 13.6 Å². The summed E-state index contributed by atoms with van der Waals surface area (Å²) in [4.78, 5) is 26.1. The highest BCUT2D eigenvalue weighted by Gasteiger charge is 2.20. The average Bonchev–Trinajstić information content (AvgIpc) is 2.54. The van der Waals surface area contributed by atoms with Crippen LogP contribution < -0.4 is 11.0 Å². The van der Waals surface area contributed by atoms with Gasteiger partial charge in [0.25, 0.3) is 0 Å². The van der Waals surface area contributed by atoms with E-state index in [0.29, 0.717) is 6.04 Å². The van der Waals surface area contributed by atoms with Gasteiger partial charge in [0.15, 0.2) is 0 Å². The van der Waals surface area contributed by atoms with Crippen LogP contribution in [0.2, 0.25) is 0 Å². The average molecular weight is 314 g/mol. The van der Waals surface area contributed by atoms with Crippen molar-refractivity contribution in [2.75, 3.05) is 18.4 Å². The Morgan fingerprint density at radius 1 is 1.26 bits per heavy atom. The molecule has 3 heterocycles. The van der Waals surface area contributed by atoms with Crippen LogP contribution in [-0.4, -0.2) is 43.6 Å². The molecule has 3 rings (SSSR count). The zero-order valence-electron chi connectivity index (χ0n) is 13.6. The molecule has 0 radical (unpaired) electrons. The van der Waals surface area contributed by atoms with Gasteiger partial charge in [0.1, 0.15) is 12.1 Å². The molecule has 23 heavy (non-hydrogen) atoms. The van der Waals surface area contributed by atoms with Crippen LogP contribution in [0.5, 0.6) is 0 Å². The van der Waals surface area contributed by atoms with Gasteiger partial charge < -0.3 is 5.32 Å². The van der Waals surface area contributed by atoms with Crippen molar-refractivity contribution in [2.24, 2.45) is 7.05 Å². The van der Waals surface area contributed by atoms with E-state index >= 15 is 0 Å². The van der Waals surface area contributed by atoms with E-state index in [0.717, 1.165) is 49.7 Å². The minimum Gasteiger partial charge on any atom is -0.367 e. The van der Waals surface area contributed by atoms with Crippen LogP contribution in [0, 0.1) is 6.92 Å². The fourth-order valence-electron chi connectivity index (χ4n) is 2.87. The molecule has 2 aromatic rings. The van der Waals surface area contributed by atoms with Crippen molar-refractivity contribution in [1.82, 2.24) is 24.4 Å². The summed E-state index contributed by atoms with van der Waals surface area (Å²) in [5.41, 5.74) is 1.78. The van der Waals surface area contributed by atoms with Crippen molar-refractivity contribution in [2.45, 2.75) is 32.4 Å². The second-order valence-corrected chi connectivity index (χ2v) is 6.02. The first-order chi connectivity index (χ1) is 11.1. The van der Waals surface area contributed by atoms with Gasteiger partial charge in [-0.25, -0.2) is 19.7 Å². The Bertz CT molecular complexity index is 721. The lowest BCUT2D eigenvalue weighted by atomic mass is 10.0. The largest absolute Gasteiger partial charge is 0.367 e. The molecule has 7 nitrogen and oxygen atoms in total. The number of aromatic nitrogens is 4. The molecule has 0 saturated carbocycles. The Morgan fingerprint density at radius 2 is 2.04 bits per heavy atom. The molecule has 2 aromatic heterocycles. The summed E-state index contributed by atoms with van der Waals surface area (Å²) in [6.45, 7) is 4.75. The lowest BCUT2D eigenvalue weighted by Gasteiger charge is -2.32. The molecular formula is C16H22N6O. The van der Waals surface area contributed by atoms with Crippen LogP contribution in [0.1, 0.15) is 24.2 Å². The predicted molar refractivity (Wildman–Crippen MR) is 88.2 cm³/mol. The summed E-state index contributed by atoms with van der Waals surface area (Å²) in [5.74, 6) is 0.896. The summed E-state index contributed by atoms with van der Waals surface area (Å²) < 4.78 is 1.62. The summed E-state index contributed by atoms with van der Waals surface area (Å²) in [7, 11) is 1.77. The molecule has 0 bridgehead atoms. The monoisotopic (exact) mass is 314 g/mol. The van der Waals surface area contributed by atoms with Gasteiger partial charge in [0.05, 0.1) is 0 Å². The Labute approximate surface area is 135 Å². The molecule has 1 aliphatic rings. The number of anilines is 1. The van der Waals surface area contributed by atoms with Crippen molar-refractivity contribution < 1.29 is 0 Å². The highest BCUT2D eigenvalue weighted by molar-refractivity contribution is 5.35. The van der Waals surface area contributed by atoms with E-state index in [1.165, 1.54) is 0 Å². The predicted octanol–water partition coefficient (Wildman–Crippen LogP) is 0.955. The third-order valence-corrected chi connectivity index (χ3v) is 4.30. The molecule has 0 spiro atoms. The smallest absolute Gasteiger partial charge is 0.347 e. The van der Waals surface area contributed by atoms with Crippen LogP contribution in [0.3, 0.4) is 0 Å². The normalized spacial score (nSPS) is 16.4. The molecule has 122 valence electrons. The molecule has 7 heteroatoms. The minimum absolute atomic E-state index is 0.196. The molecule has 0 aliphatic carbocycles. The lowest BCUT2D eigenvalue weighted by Crippen LogP contribution is -2.39. The van der Waals surface area contributed by atoms with Crippen LogP contribution in [0.25, 0.3) is 0 Å². The maximum absolute atomic E-state index is 11.6. The van der Waals surface area contributed by atoms with Gasteiger partial charge in [-0.15, -0.1) is 0 Å². The zero-order chi connectivity index (χ0) is 16.2. The number of aryl methyl sites for hydroxylation is 1. The molecule has 1 saturated heterocycles. The topological polar surface area (TPSA) is 75.9 Å². The highest BCUT2D eigenvalue weighted by Crippen LogP contribution is 2.16. The maximum atomic E-state index is 11.6. The Hall–Kier alpha value is -2.28. The Kier molecular flexibility index (Phi) is 4.66. The van der Waals surface area contributed by atoms with Gasteiger partial charge in [0.2, 0.25) is 0 Å². The van der Waals surface area contributed by atoms with E-state index in [-0.39, 0.29) is 5.69 Å². The fraction of sp³-hybridized carbons (Fsp3) is 0.500. The number of hydrogen-bond donors (Lipinski definition) is 1. The van der Waals surface area contributed by atoms with Gasteiger partial charge in [-0.3, -0.25) is 9.47 Å². The van der Waals surface area contributed by atoms with E-state index in [9.17, 15) is 4.79 Å². The lowest BCUT2D eigenvalue weighted by molar-refractivity contribution is 0.206. The highest BCUT2D eigenvalue weighted by atomic mass is 16.1. The standard InChI is InChI=1S/C16H22N6O/c1-12-9-15(19-11-18-12)20-13-4-7-22(8-5-13)10-14-3-6-17-16(23)21(14)2/h3,6,9,11,13H,4-5,7-8,10H2,1-2H3,(H,18,19,20). The van der Waals surface area contributed by atoms with Crippen molar-refractivity contribution in [3.05, 3.63) is 46.5 Å². The van der Waals surface area contributed by atoms with Crippen molar-refractivity contribution in [1.29, 1.82) is 0 Å². The molecule has 1 fully saturated rings. The van der Waals surface area contributed by atoms with Crippen LogP contribution >= 0.6 is 0 Å². The summed E-state index contributed by atoms with van der Waals surface area (Å²) in [6, 6.07) is 4.32. The second kappa shape index (κ2) is 6.87. The quantitative estimate of drug-likeness (QED) is 0.906. The van der Waals surface area contributed by atoms with Gasteiger partial charge in [-0.1, -0.05) is 0 Å². The van der Waals surface area contributed by atoms with Gasteiger partial charge in [0, 0.05) is 56.4 Å². The Balaban J connectivity index is 1.54. The SMILES string of the molecule is Cc1cc(NC2CCN(Cc3ccnc(=O)n3C)CC2)ncn1. The first kappa shape index (κ1) is 15.6. The number of piperidine rings is 1. The molecular weight excluding hydrogens is 292 g/mol. The van der Waals surface area contributed by atoms with E-state index in [1.54, 1.807) is 24.1 Å². The van der Waals surface area contributed by atoms with Crippen molar-refractivity contribution in [3.8, 4) is 0 Å². The first-order valence-electron chi connectivity index (χ1n) is 7.90. The summed E-state index contributed by atoms with van der Waals surface area (Å²) in [5, 5.41) is 3.48. The fourth-order valence-corrected chi connectivity index (χ4v) is 2.87. The number of nitrogens with one attached hydrogen (secondary N) is 1. The van der Waals surface area contributed by atoms with Gasteiger partial charge in [-0.05, 0) is 25.8 Å². The van der Waals surface area contributed by atoms with Crippen LogP contribution in [0.4, 0.5) is 5.82 Å². The van der Waals surface area contributed by atoms with Gasteiger partial charge >= 0.3 is 5.69 Å². The van der Waals surface area contributed by atoms with E-state index in [4.69, 9.17) is 0 Å². The summed E-state index contributed by atoms with van der Waals surface area (Å²) in [6.07, 6.45) is 5.30. The Morgan fingerprint density at radius 3 is 2.78 bits per heavy atom. The van der Waals surface area contributed by atoms with Crippen molar-refractivity contribution in [3.63, 3.8) is 0 Å². The van der Waals surface area contributed by atoms with Crippen LogP contribution in [0.15, 0.2) is 29.5 Å². The third kappa shape index (κ3) is 3.92. The number of nitrogens with zero attached hydrogens (tertiary/aromatic N) is 5. The molecule has 1 N–H and O–H groups in total. The number of likely N-dealkylation sites (tertiary alicyclic amines) is 1. The zero-order valence-corrected chi connectivity index (χ0v) is 13.6. The van der Waals surface area contributed by atoms with Gasteiger partial charge in [-0.2, -0.15) is 0 Å². The number of hydrogen-bond acceptors (Lipinski definition) is 6. The molecule has 0 amide bonds. The van der Waals surface area contributed by atoms with E-state index in [1.807, 2.05) is 19.1 Å². The minimum atomic E-state index is -0.196. The molecule has 0 unspecified atom stereocenters. The molecule has 1 aliphatic heterocycles.